The number of nitrogens with one attached hydrogen (secondary N) is 1. The van der Waals surface area contributed by atoms with E-state index in [1.807, 2.05) is 0 Å². The van der Waals surface area contributed by atoms with Gasteiger partial charge in [0.25, 0.3) is 0 Å². The molecule has 0 aromatic carbocycles. The minimum Gasteiger partial charge on any atom is -0.323 e. The van der Waals surface area contributed by atoms with Crippen molar-refractivity contribution < 1.29 is 4.79 Å². The topological polar surface area (TPSA) is 32.3 Å². The number of nitrogens with zero attached hydrogens (tertiary/aromatic N) is 1. The highest BCUT2D eigenvalue weighted by Gasteiger charge is 2.46. The third kappa shape index (κ3) is 3.13. The second-order valence-corrected chi connectivity index (χ2v) is 7.00. The molecular formula is C16H30N2O. The molecule has 0 radical (unpaired) electrons. The van der Waals surface area contributed by atoms with E-state index >= 15 is 0 Å². The molecule has 0 spiro atoms. The fraction of sp³-hybridized carbons (Fsp3) is 0.938. The summed E-state index contributed by atoms with van der Waals surface area (Å²) in [4.78, 5) is 14.9. The summed E-state index contributed by atoms with van der Waals surface area (Å²) in [6.45, 7) is 11.1. The van der Waals surface area contributed by atoms with E-state index in [0.29, 0.717) is 23.8 Å². The van der Waals surface area contributed by atoms with Gasteiger partial charge in [0.05, 0.1) is 12.2 Å². The number of carbonyl (C=O) groups is 1. The molecule has 1 aliphatic carbocycles. The highest BCUT2D eigenvalue weighted by Crippen LogP contribution is 2.38. The molecule has 1 saturated heterocycles. The van der Waals surface area contributed by atoms with Gasteiger partial charge in [-0.3, -0.25) is 10.1 Å². The lowest BCUT2D eigenvalue weighted by Gasteiger charge is -2.31. The maximum Gasteiger partial charge on any atom is 0.241 e. The number of amides is 1. The third-order valence-electron chi connectivity index (χ3n) is 4.88. The largest absolute Gasteiger partial charge is 0.323 e. The van der Waals surface area contributed by atoms with Crippen LogP contribution in [0.25, 0.3) is 0 Å². The minimum absolute atomic E-state index is 0.0370. The molecule has 2 aliphatic rings. The van der Waals surface area contributed by atoms with Gasteiger partial charge in [0.1, 0.15) is 0 Å². The minimum atomic E-state index is 0.0370. The van der Waals surface area contributed by atoms with Crippen LogP contribution in [-0.4, -0.2) is 29.1 Å². The highest BCUT2D eigenvalue weighted by molar-refractivity contribution is 5.85. The van der Waals surface area contributed by atoms with Crippen molar-refractivity contribution >= 4 is 5.91 Å². The monoisotopic (exact) mass is 266 g/mol. The Hall–Kier alpha value is -0.570. The first-order chi connectivity index (χ1) is 8.95. The average Bonchev–Trinajstić information content (AvgIpc) is 3.13. The van der Waals surface area contributed by atoms with Gasteiger partial charge in [-0.05, 0) is 43.9 Å². The van der Waals surface area contributed by atoms with Crippen molar-refractivity contribution in [3.05, 3.63) is 0 Å². The van der Waals surface area contributed by atoms with Crippen LogP contribution in [0.2, 0.25) is 0 Å². The summed E-state index contributed by atoms with van der Waals surface area (Å²) in [5.74, 6) is 2.14. The Balaban J connectivity index is 2.12. The maximum absolute atomic E-state index is 12.7. The molecule has 4 unspecified atom stereocenters. The van der Waals surface area contributed by atoms with Crippen molar-refractivity contribution in [2.24, 2.45) is 17.8 Å². The van der Waals surface area contributed by atoms with E-state index < -0.39 is 0 Å². The second-order valence-electron chi connectivity index (χ2n) is 7.00. The molecular weight excluding hydrogens is 236 g/mol. The molecule has 0 aromatic rings. The van der Waals surface area contributed by atoms with Crippen LogP contribution < -0.4 is 5.32 Å². The number of rotatable bonds is 6. The van der Waals surface area contributed by atoms with E-state index in [0.717, 1.165) is 18.8 Å². The van der Waals surface area contributed by atoms with Crippen molar-refractivity contribution in [1.29, 1.82) is 0 Å². The van der Waals surface area contributed by atoms with E-state index in [2.05, 4.69) is 44.8 Å². The lowest BCUT2D eigenvalue weighted by atomic mass is 9.99. The summed E-state index contributed by atoms with van der Waals surface area (Å²) in [5.41, 5.74) is 0. The summed E-state index contributed by atoms with van der Waals surface area (Å²) in [5, 5.41) is 3.61. The molecule has 1 N–H and O–H groups in total. The lowest BCUT2D eigenvalue weighted by molar-refractivity contribution is -0.133. The Morgan fingerprint density at radius 1 is 1.26 bits per heavy atom. The molecule has 1 aliphatic heterocycles. The molecule has 0 bridgehead atoms. The summed E-state index contributed by atoms with van der Waals surface area (Å²) in [6, 6.07) is 0.452. The maximum atomic E-state index is 12.7. The van der Waals surface area contributed by atoms with Crippen LogP contribution in [0.1, 0.15) is 60.3 Å². The van der Waals surface area contributed by atoms with Crippen LogP contribution in [0, 0.1) is 17.8 Å². The second kappa shape index (κ2) is 5.82. The van der Waals surface area contributed by atoms with Gasteiger partial charge >= 0.3 is 0 Å². The van der Waals surface area contributed by atoms with Crippen molar-refractivity contribution in [1.82, 2.24) is 10.2 Å². The predicted molar refractivity (Wildman–Crippen MR) is 78.7 cm³/mol. The summed E-state index contributed by atoms with van der Waals surface area (Å²) >= 11 is 0. The van der Waals surface area contributed by atoms with Gasteiger partial charge in [-0.25, -0.2) is 0 Å². The Kier molecular flexibility index (Phi) is 4.54. The Morgan fingerprint density at radius 2 is 1.89 bits per heavy atom. The van der Waals surface area contributed by atoms with Gasteiger partial charge in [-0.2, -0.15) is 0 Å². The van der Waals surface area contributed by atoms with Crippen LogP contribution in [0.15, 0.2) is 0 Å². The van der Waals surface area contributed by atoms with E-state index in [-0.39, 0.29) is 12.2 Å². The first-order valence-corrected chi connectivity index (χ1v) is 8.03. The zero-order valence-corrected chi connectivity index (χ0v) is 13.1. The molecule has 1 amide bonds. The first kappa shape index (κ1) is 14.8. The van der Waals surface area contributed by atoms with E-state index in [1.165, 1.54) is 12.8 Å². The van der Waals surface area contributed by atoms with Gasteiger partial charge < -0.3 is 4.90 Å². The lowest BCUT2D eigenvalue weighted by Crippen LogP contribution is -2.45. The van der Waals surface area contributed by atoms with E-state index in [9.17, 15) is 4.79 Å². The Bertz CT molecular complexity index is 325. The molecule has 3 nitrogen and oxygen atoms in total. The van der Waals surface area contributed by atoms with Gasteiger partial charge in [0.15, 0.2) is 0 Å². The standard InChI is InChI=1S/C16H30N2O/c1-6-11(4)15-16(19)18(12(5)13-7-8-13)14(17-15)9-10(2)3/h10-15,17H,6-9H2,1-5H3. The van der Waals surface area contributed by atoms with Gasteiger partial charge in [-0.15, -0.1) is 0 Å². The average molecular weight is 266 g/mol. The van der Waals surface area contributed by atoms with E-state index in [4.69, 9.17) is 0 Å². The van der Waals surface area contributed by atoms with Gasteiger partial charge in [-0.1, -0.05) is 34.1 Å². The van der Waals surface area contributed by atoms with Crippen LogP contribution in [0.5, 0.6) is 0 Å². The zero-order valence-electron chi connectivity index (χ0n) is 13.1. The highest BCUT2D eigenvalue weighted by atomic mass is 16.2. The Labute approximate surface area is 118 Å². The number of hydrogen-bond acceptors (Lipinski definition) is 2. The first-order valence-electron chi connectivity index (χ1n) is 8.03. The Morgan fingerprint density at radius 3 is 2.37 bits per heavy atom. The molecule has 0 aromatic heterocycles. The number of carbonyl (C=O) groups excluding carboxylic acids is 1. The quantitative estimate of drug-likeness (QED) is 0.801. The van der Waals surface area contributed by atoms with Crippen molar-refractivity contribution in [2.75, 3.05) is 0 Å². The molecule has 4 atom stereocenters. The number of hydrogen-bond donors (Lipinski definition) is 1. The zero-order chi connectivity index (χ0) is 14.2. The van der Waals surface area contributed by atoms with E-state index in [1.54, 1.807) is 0 Å². The normalized spacial score (nSPS) is 31.1. The molecule has 2 rings (SSSR count). The van der Waals surface area contributed by atoms with Gasteiger partial charge in [0.2, 0.25) is 5.91 Å². The summed E-state index contributed by atoms with van der Waals surface area (Å²) in [6.07, 6.45) is 4.97. The van der Waals surface area contributed by atoms with Crippen LogP contribution in [0.3, 0.4) is 0 Å². The fourth-order valence-electron chi connectivity index (χ4n) is 3.23. The van der Waals surface area contributed by atoms with Crippen LogP contribution in [0.4, 0.5) is 0 Å². The third-order valence-corrected chi connectivity index (χ3v) is 4.88. The predicted octanol–water partition coefficient (Wildman–Crippen LogP) is 3.00. The van der Waals surface area contributed by atoms with Gasteiger partial charge in [0, 0.05) is 6.04 Å². The van der Waals surface area contributed by atoms with Crippen molar-refractivity contribution in [3.63, 3.8) is 0 Å². The molecule has 19 heavy (non-hydrogen) atoms. The summed E-state index contributed by atoms with van der Waals surface area (Å²) < 4.78 is 0. The van der Waals surface area contributed by atoms with Crippen molar-refractivity contribution in [2.45, 2.75) is 78.6 Å². The fourth-order valence-corrected chi connectivity index (χ4v) is 3.23. The molecule has 1 heterocycles. The summed E-state index contributed by atoms with van der Waals surface area (Å²) in [7, 11) is 0. The molecule has 1 saturated carbocycles. The molecule has 3 heteroatoms. The SMILES string of the molecule is CCC(C)C1NC(CC(C)C)N(C(C)C2CC2)C1=O. The van der Waals surface area contributed by atoms with Crippen molar-refractivity contribution in [3.8, 4) is 0 Å². The molecule has 110 valence electrons. The molecule has 2 fully saturated rings. The van der Waals surface area contributed by atoms with Crippen LogP contribution in [-0.2, 0) is 4.79 Å². The van der Waals surface area contributed by atoms with Crippen LogP contribution >= 0.6 is 0 Å². The smallest absolute Gasteiger partial charge is 0.241 e.